The maximum Gasteiger partial charge on any atom is 0.317 e. The van der Waals surface area contributed by atoms with Crippen LogP contribution >= 0.6 is 11.3 Å². The van der Waals surface area contributed by atoms with Crippen LogP contribution in [0.4, 0.5) is 4.79 Å². The maximum absolute atomic E-state index is 12.2. The van der Waals surface area contributed by atoms with Crippen molar-refractivity contribution < 1.29 is 14.7 Å². The summed E-state index contributed by atoms with van der Waals surface area (Å²) in [4.78, 5) is 26.1. The van der Waals surface area contributed by atoms with E-state index >= 15 is 0 Å². The molecule has 1 aliphatic rings. The lowest BCUT2D eigenvalue weighted by molar-refractivity contribution is -0.143. The number of carboxylic acids is 1. The molecule has 2 rings (SSSR count). The van der Waals surface area contributed by atoms with Gasteiger partial charge in [-0.1, -0.05) is 19.9 Å². The average molecular weight is 310 g/mol. The molecule has 0 aromatic carbocycles. The second-order valence-electron chi connectivity index (χ2n) is 6.14. The van der Waals surface area contributed by atoms with Crippen molar-refractivity contribution in [1.29, 1.82) is 0 Å². The van der Waals surface area contributed by atoms with Gasteiger partial charge < -0.3 is 15.3 Å². The quantitative estimate of drug-likeness (QED) is 0.898. The van der Waals surface area contributed by atoms with Gasteiger partial charge in [-0.2, -0.15) is 0 Å². The molecule has 2 N–H and O–H groups in total. The Bertz CT molecular complexity index is 499. The molecule has 0 unspecified atom stereocenters. The minimum absolute atomic E-state index is 0.119. The van der Waals surface area contributed by atoms with Crippen molar-refractivity contribution in [2.24, 2.45) is 5.92 Å². The number of thiophene rings is 1. The molecule has 1 aromatic heterocycles. The van der Waals surface area contributed by atoms with E-state index in [-0.39, 0.29) is 11.4 Å². The summed E-state index contributed by atoms with van der Waals surface area (Å²) in [6.07, 6.45) is 1.40. The van der Waals surface area contributed by atoms with Crippen LogP contribution in [0, 0.1) is 5.92 Å². The van der Waals surface area contributed by atoms with E-state index in [1.165, 1.54) is 4.88 Å². The summed E-state index contributed by atoms with van der Waals surface area (Å²) in [6, 6.07) is 3.91. The van der Waals surface area contributed by atoms with Crippen molar-refractivity contribution in [1.82, 2.24) is 10.2 Å². The minimum Gasteiger partial charge on any atom is -0.481 e. The molecule has 5 nitrogen and oxygen atoms in total. The number of aliphatic carboxylic acids is 1. The fourth-order valence-electron chi connectivity index (χ4n) is 2.52. The Hall–Kier alpha value is -1.56. The number of amides is 2. The lowest BCUT2D eigenvalue weighted by atomic mass is 9.91. The Balaban J connectivity index is 1.88. The van der Waals surface area contributed by atoms with Gasteiger partial charge in [-0.05, 0) is 24.3 Å². The van der Waals surface area contributed by atoms with Crippen molar-refractivity contribution in [3.8, 4) is 0 Å². The Morgan fingerprint density at radius 1 is 1.52 bits per heavy atom. The molecule has 2 heterocycles. The SMILES string of the molecule is CC(C)(CNC(=O)N1CCC[C@H](C(=O)O)C1)c1cccs1. The van der Waals surface area contributed by atoms with Gasteiger partial charge in [0.15, 0.2) is 0 Å². The summed E-state index contributed by atoms with van der Waals surface area (Å²) >= 11 is 1.68. The highest BCUT2D eigenvalue weighted by Crippen LogP contribution is 2.26. The lowest BCUT2D eigenvalue weighted by Gasteiger charge is -2.32. The van der Waals surface area contributed by atoms with Gasteiger partial charge in [0.2, 0.25) is 0 Å². The first-order valence-electron chi connectivity index (χ1n) is 7.20. The van der Waals surface area contributed by atoms with Crippen LogP contribution in [0.3, 0.4) is 0 Å². The number of nitrogens with one attached hydrogen (secondary N) is 1. The second kappa shape index (κ2) is 6.47. The molecule has 1 fully saturated rings. The average Bonchev–Trinajstić information content (AvgIpc) is 3.00. The minimum atomic E-state index is -0.814. The van der Waals surface area contributed by atoms with Crippen LogP contribution in [0.5, 0.6) is 0 Å². The van der Waals surface area contributed by atoms with Crippen molar-refractivity contribution in [2.45, 2.75) is 32.1 Å². The van der Waals surface area contributed by atoms with Crippen LogP contribution in [0.1, 0.15) is 31.6 Å². The molecule has 21 heavy (non-hydrogen) atoms. The summed E-state index contributed by atoms with van der Waals surface area (Å²) in [5, 5.41) is 14.0. The standard InChI is InChI=1S/C15H22N2O3S/c1-15(2,12-6-4-8-21-12)10-16-14(20)17-7-3-5-11(9-17)13(18)19/h4,6,8,11H,3,5,7,9-10H2,1-2H3,(H,16,20)(H,18,19)/t11-/m0/s1. The predicted molar refractivity (Wildman–Crippen MR) is 82.7 cm³/mol. The van der Waals surface area contributed by atoms with Gasteiger partial charge >= 0.3 is 12.0 Å². The number of urea groups is 1. The number of piperidine rings is 1. The zero-order chi connectivity index (χ0) is 15.5. The van der Waals surface area contributed by atoms with Crippen molar-refractivity contribution in [3.05, 3.63) is 22.4 Å². The number of carboxylic acid groups (broad SMARTS) is 1. The molecule has 0 spiro atoms. The third kappa shape index (κ3) is 3.97. The smallest absolute Gasteiger partial charge is 0.317 e. The van der Waals surface area contributed by atoms with Gasteiger partial charge in [-0.15, -0.1) is 11.3 Å². The van der Waals surface area contributed by atoms with Gasteiger partial charge in [0.1, 0.15) is 0 Å². The molecule has 6 heteroatoms. The van der Waals surface area contributed by atoms with Gasteiger partial charge in [0.25, 0.3) is 0 Å². The summed E-state index contributed by atoms with van der Waals surface area (Å²) in [5.74, 6) is -1.25. The number of hydrogen-bond acceptors (Lipinski definition) is 3. The monoisotopic (exact) mass is 310 g/mol. The number of likely N-dealkylation sites (tertiary alicyclic amines) is 1. The highest BCUT2D eigenvalue weighted by molar-refractivity contribution is 7.10. The van der Waals surface area contributed by atoms with E-state index in [1.807, 2.05) is 11.4 Å². The first kappa shape index (κ1) is 15.8. The highest BCUT2D eigenvalue weighted by atomic mass is 32.1. The van der Waals surface area contributed by atoms with Crippen LogP contribution in [0.2, 0.25) is 0 Å². The highest BCUT2D eigenvalue weighted by Gasteiger charge is 2.29. The van der Waals surface area contributed by atoms with E-state index in [0.29, 0.717) is 26.1 Å². The van der Waals surface area contributed by atoms with E-state index in [0.717, 1.165) is 6.42 Å². The predicted octanol–water partition coefficient (Wildman–Crippen LogP) is 2.53. The molecule has 0 saturated carbocycles. The van der Waals surface area contributed by atoms with Crippen LogP contribution in [-0.4, -0.2) is 41.6 Å². The molecule has 2 amide bonds. The molecule has 1 aromatic rings. The first-order valence-corrected chi connectivity index (χ1v) is 8.08. The number of hydrogen-bond donors (Lipinski definition) is 2. The first-order chi connectivity index (χ1) is 9.90. The fraction of sp³-hybridized carbons (Fsp3) is 0.600. The topological polar surface area (TPSA) is 69.6 Å². The molecule has 116 valence electrons. The van der Waals surface area contributed by atoms with E-state index in [1.54, 1.807) is 16.2 Å². The Morgan fingerprint density at radius 3 is 2.90 bits per heavy atom. The van der Waals surface area contributed by atoms with Gasteiger partial charge in [-0.3, -0.25) is 4.79 Å². The Labute approximate surface area is 129 Å². The normalized spacial score (nSPS) is 19.3. The summed E-state index contributed by atoms with van der Waals surface area (Å²) < 4.78 is 0. The lowest BCUT2D eigenvalue weighted by Crippen LogP contribution is -2.49. The van der Waals surface area contributed by atoms with E-state index in [2.05, 4.69) is 25.2 Å². The zero-order valence-corrected chi connectivity index (χ0v) is 13.3. The Morgan fingerprint density at radius 2 is 2.29 bits per heavy atom. The third-order valence-corrected chi connectivity index (χ3v) is 5.16. The van der Waals surface area contributed by atoms with Crippen molar-refractivity contribution in [3.63, 3.8) is 0 Å². The number of carbonyl (C=O) groups is 2. The molecular weight excluding hydrogens is 288 g/mol. The number of rotatable bonds is 4. The summed E-state index contributed by atoms with van der Waals surface area (Å²) in [7, 11) is 0. The maximum atomic E-state index is 12.2. The molecular formula is C15H22N2O3S. The molecule has 1 saturated heterocycles. The molecule has 0 aliphatic carbocycles. The molecule has 0 radical (unpaired) electrons. The zero-order valence-electron chi connectivity index (χ0n) is 12.5. The van der Waals surface area contributed by atoms with Crippen molar-refractivity contribution in [2.75, 3.05) is 19.6 Å². The second-order valence-corrected chi connectivity index (χ2v) is 7.09. The van der Waals surface area contributed by atoms with Crippen LogP contribution < -0.4 is 5.32 Å². The fourth-order valence-corrected chi connectivity index (χ4v) is 3.37. The van der Waals surface area contributed by atoms with Gasteiger partial charge in [-0.25, -0.2) is 4.79 Å². The Kier molecular flexibility index (Phi) is 4.88. The van der Waals surface area contributed by atoms with E-state index in [9.17, 15) is 9.59 Å². The summed E-state index contributed by atoms with van der Waals surface area (Å²) in [6.45, 7) is 5.67. The van der Waals surface area contributed by atoms with Crippen molar-refractivity contribution >= 4 is 23.3 Å². The summed E-state index contributed by atoms with van der Waals surface area (Å²) in [5.41, 5.74) is -0.119. The largest absolute Gasteiger partial charge is 0.481 e. The van der Waals surface area contributed by atoms with Gasteiger partial charge in [0.05, 0.1) is 5.92 Å². The third-order valence-electron chi connectivity index (χ3n) is 3.93. The molecule has 0 bridgehead atoms. The van der Waals surface area contributed by atoms with Gasteiger partial charge in [0, 0.05) is 29.9 Å². The molecule has 1 atom stereocenters. The van der Waals surface area contributed by atoms with Crippen LogP contribution in [-0.2, 0) is 10.2 Å². The van der Waals surface area contributed by atoms with Crippen LogP contribution in [0.25, 0.3) is 0 Å². The van der Waals surface area contributed by atoms with E-state index < -0.39 is 11.9 Å². The molecule has 1 aliphatic heterocycles. The number of nitrogens with zero attached hydrogens (tertiary/aromatic N) is 1. The number of carbonyl (C=O) groups excluding carboxylic acids is 1. The van der Waals surface area contributed by atoms with E-state index in [4.69, 9.17) is 5.11 Å². The van der Waals surface area contributed by atoms with Crippen LogP contribution in [0.15, 0.2) is 17.5 Å².